The van der Waals surface area contributed by atoms with Crippen LogP contribution in [-0.2, 0) is 14.3 Å². The highest BCUT2D eigenvalue weighted by Gasteiger charge is 2.06. The van der Waals surface area contributed by atoms with Gasteiger partial charge in [-0.15, -0.1) is 0 Å². The van der Waals surface area contributed by atoms with Crippen LogP contribution in [0.4, 0.5) is 0 Å². The molecule has 0 heterocycles. The van der Waals surface area contributed by atoms with E-state index < -0.39 is 12.1 Å². The fraction of sp³-hybridized carbons (Fsp3) is 0.500. The number of hydrogen-bond donors (Lipinski definition) is 1. The molecule has 0 saturated heterocycles. The molecular weight excluding hydrogens is 184 g/mol. The van der Waals surface area contributed by atoms with Crippen molar-refractivity contribution in [3.63, 3.8) is 0 Å². The van der Waals surface area contributed by atoms with Crippen LogP contribution in [0.1, 0.15) is 6.92 Å². The predicted octanol–water partition coefficient (Wildman–Crippen LogP) is 0.669. The molecule has 0 aromatic rings. The van der Waals surface area contributed by atoms with Gasteiger partial charge in [0.25, 0.3) is 0 Å². The molecule has 0 fully saturated rings. The SMILES string of the molecule is C=CC(=O)OCC(O)COCC(=C)C. The summed E-state index contributed by atoms with van der Waals surface area (Å²) < 4.78 is 9.66. The van der Waals surface area contributed by atoms with Crippen LogP contribution in [0.25, 0.3) is 0 Å². The lowest BCUT2D eigenvalue weighted by Crippen LogP contribution is -2.23. The van der Waals surface area contributed by atoms with Crippen molar-refractivity contribution in [2.75, 3.05) is 19.8 Å². The Morgan fingerprint density at radius 1 is 1.57 bits per heavy atom. The largest absolute Gasteiger partial charge is 0.460 e. The van der Waals surface area contributed by atoms with Crippen LogP contribution in [0.5, 0.6) is 0 Å². The maximum atomic E-state index is 10.6. The number of hydrogen-bond acceptors (Lipinski definition) is 4. The molecule has 1 N–H and O–H groups in total. The Morgan fingerprint density at radius 3 is 2.71 bits per heavy atom. The Labute approximate surface area is 83.8 Å². The normalized spacial score (nSPS) is 11.9. The lowest BCUT2D eigenvalue weighted by atomic mass is 10.4. The van der Waals surface area contributed by atoms with E-state index in [4.69, 9.17) is 4.74 Å². The maximum Gasteiger partial charge on any atom is 0.330 e. The van der Waals surface area contributed by atoms with Gasteiger partial charge >= 0.3 is 5.97 Å². The Bertz CT molecular complexity index is 210. The van der Waals surface area contributed by atoms with Gasteiger partial charge in [-0.3, -0.25) is 0 Å². The van der Waals surface area contributed by atoms with Crippen LogP contribution >= 0.6 is 0 Å². The third-order valence-electron chi connectivity index (χ3n) is 1.24. The molecule has 1 atom stereocenters. The van der Waals surface area contributed by atoms with Crippen molar-refractivity contribution in [3.8, 4) is 0 Å². The molecule has 0 rings (SSSR count). The topological polar surface area (TPSA) is 55.8 Å². The fourth-order valence-corrected chi connectivity index (χ4v) is 0.655. The van der Waals surface area contributed by atoms with E-state index in [1.54, 1.807) is 0 Å². The van der Waals surface area contributed by atoms with Gasteiger partial charge in [0.1, 0.15) is 12.7 Å². The van der Waals surface area contributed by atoms with Crippen molar-refractivity contribution in [1.82, 2.24) is 0 Å². The molecule has 0 saturated carbocycles. The van der Waals surface area contributed by atoms with Crippen molar-refractivity contribution in [3.05, 3.63) is 24.8 Å². The second-order valence-electron chi connectivity index (χ2n) is 2.96. The number of ether oxygens (including phenoxy) is 2. The Kier molecular flexibility index (Phi) is 6.70. The molecular formula is C10H16O4. The molecule has 0 radical (unpaired) electrons. The van der Waals surface area contributed by atoms with Gasteiger partial charge in [0.2, 0.25) is 0 Å². The average molecular weight is 200 g/mol. The van der Waals surface area contributed by atoms with Gasteiger partial charge in [-0.05, 0) is 6.92 Å². The Balaban J connectivity index is 3.45. The molecule has 0 aliphatic carbocycles. The highest BCUT2D eigenvalue weighted by Crippen LogP contribution is 1.92. The lowest BCUT2D eigenvalue weighted by Gasteiger charge is -2.10. The fourth-order valence-electron chi connectivity index (χ4n) is 0.655. The summed E-state index contributed by atoms with van der Waals surface area (Å²) in [6, 6.07) is 0. The minimum atomic E-state index is -0.807. The van der Waals surface area contributed by atoms with Crippen LogP contribution in [-0.4, -0.2) is 37.0 Å². The third kappa shape index (κ3) is 7.52. The molecule has 0 aromatic heterocycles. The number of aliphatic hydroxyl groups is 1. The number of carbonyl (C=O) groups excluding carboxylic acids is 1. The lowest BCUT2D eigenvalue weighted by molar-refractivity contribution is -0.141. The highest BCUT2D eigenvalue weighted by atomic mass is 16.5. The highest BCUT2D eigenvalue weighted by molar-refractivity contribution is 5.81. The minimum absolute atomic E-state index is 0.0823. The second-order valence-corrected chi connectivity index (χ2v) is 2.96. The maximum absolute atomic E-state index is 10.6. The van der Waals surface area contributed by atoms with E-state index in [0.717, 1.165) is 11.6 Å². The van der Waals surface area contributed by atoms with Crippen LogP contribution in [0, 0.1) is 0 Å². The van der Waals surface area contributed by atoms with Gasteiger partial charge in [0.15, 0.2) is 0 Å². The smallest absolute Gasteiger partial charge is 0.330 e. The van der Waals surface area contributed by atoms with E-state index in [2.05, 4.69) is 17.9 Å². The number of rotatable bonds is 7. The summed E-state index contributed by atoms with van der Waals surface area (Å²) in [4.78, 5) is 10.6. The molecule has 0 bridgehead atoms. The van der Waals surface area contributed by atoms with Gasteiger partial charge in [0, 0.05) is 6.08 Å². The Hall–Kier alpha value is -1.13. The van der Waals surface area contributed by atoms with Crippen molar-refractivity contribution in [2.24, 2.45) is 0 Å². The third-order valence-corrected chi connectivity index (χ3v) is 1.24. The molecule has 0 aliphatic heterocycles. The first-order chi connectivity index (χ1) is 6.56. The molecule has 4 nitrogen and oxygen atoms in total. The summed E-state index contributed by atoms with van der Waals surface area (Å²) in [5, 5.41) is 9.24. The zero-order chi connectivity index (χ0) is 11.0. The predicted molar refractivity (Wildman–Crippen MR) is 52.8 cm³/mol. The molecule has 0 amide bonds. The molecule has 0 aliphatic rings. The van der Waals surface area contributed by atoms with E-state index in [-0.39, 0.29) is 13.2 Å². The first-order valence-corrected chi connectivity index (χ1v) is 4.25. The first kappa shape index (κ1) is 12.9. The standard InChI is InChI=1S/C10H16O4/c1-4-10(12)14-7-9(11)6-13-5-8(2)3/h4,9,11H,1-2,5-7H2,3H3. The van der Waals surface area contributed by atoms with Gasteiger partial charge < -0.3 is 14.6 Å². The summed E-state index contributed by atoms with van der Waals surface area (Å²) in [6.07, 6.45) is 0.236. The van der Waals surface area contributed by atoms with Gasteiger partial charge in [-0.2, -0.15) is 0 Å². The zero-order valence-corrected chi connectivity index (χ0v) is 8.36. The molecule has 1 unspecified atom stereocenters. The minimum Gasteiger partial charge on any atom is -0.460 e. The van der Waals surface area contributed by atoms with Crippen molar-refractivity contribution in [2.45, 2.75) is 13.0 Å². The van der Waals surface area contributed by atoms with E-state index in [1.807, 2.05) is 6.92 Å². The number of aliphatic hydroxyl groups excluding tert-OH is 1. The van der Waals surface area contributed by atoms with Crippen LogP contribution < -0.4 is 0 Å². The summed E-state index contributed by atoms with van der Waals surface area (Å²) in [5.74, 6) is -0.552. The number of esters is 1. The summed E-state index contributed by atoms with van der Waals surface area (Å²) >= 11 is 0. The molecule has 0 aromatic carbocycles. The van der Waals surface area contributed by atoms with E-state index in [0.29, 0.717) is 6.61 Å². The second kappa shape index (κ2) is 7.29. The average Bonchev–Trinajstić information content (AvgIpc) is 2.13. The monoisotopic (exact) mass is 200 g/mol. The summed E-state index contributed by atoms with van der Waals surface area (Å²) in [7, 11) is 0. The Morgan fingerprint density at radius 2 is 2.21 bits per heavy atom. The van der Waals surface area contributed by atoms with E-state index in [1.165, 1.54) is 0 Å². The number of carbonyl (C=O) groups is 1. The van der Waals surface area contributed by atoms with Crippen LogP contribution in [0.3, 0.4) is 0 Å². The van der Waals surface area contributed by atoms with Gasteiger partial charge in [0.05, 0.1) is 13.2 Å². The molecule has 4 heteroatoms. The van der Waals surface area contributed by atoms with E-state index >= 15 is 0 Å². The molecule has 14 heavy (non-hydrogen) atoms. The molecule has 80 valence electrons. The van der Waals surface area contributed by atoms with Crippen molar-refractivity contribution < 1.29 is 19.4 Å². The zero-order valence-electron chi connectivity index (χ0n) is 8.36. The summed E-state index contributed by atoms with van der Waals surface area (Å²) in [6.45, 7) is 9.12. The van der Waals surface area contributed by atoms with E-state index in [9.17, 15) is 9.90 Å². The van der Waals surface area contributed by atoms with Crippen LogP contribution in [0.15, 0.2) is 24.8 Å². The van der Waals surface area contributed by atoms with Gasteiger partial charge in [-0.1, -0.05) is 18.7 Å². The van der Waals surface area contributed by atoms with Crippen LogP contribution in [0.2, 0.25) is 0 Å². The first-order valence-electron chi connectivity index (χ1n) is 4.25. The van der Waals surface area contributed by atoms with Crippen molar-refractivity contribution in [1.29, 1.82) is 0 Å². The quantitative estimate of drug-likeness (QED) is 0.373. The summed E-state index contributed by atoms with van der Waals surface area (Å²) in [5.41, 5.74) is 0.875. The van der Waals surface area contributed by atoms with Gasteiger partial charge in [-0.25, -0.2) is 4.79 Å². The molecule has 0 spiro atoms. The van der Waals surface area contributed by atoms with Crippen molar-refractivity contribution >= 4 is 5.97 Å².